The van der Waals surface area contributed by atoms with Gasteiger partial charge in [-0.15, -0.1) is 0 Å². The molecule has 0 saturated heterocycles. The van der Waals surface area contributed by atoms with E-state index < -0.39 is 0 Å². The molecule has 0 bridgehead atoms. The minimum absolute atomic E-state index is 0.0563. The van der Waals surface area contributed by atoms with E-state index in [1.165, 1.54) is 18.4 Å². The number of benzene rings is 1. The second kappa shape index (κ2) is 8.93. The average Bonchev–Trinajstić information content (AvgIpc) is 2.57. The molecule has 23 heavy (non-hydrogen) atoms. The lowest BCUT2D eigenvalue weighted by molar-refractivity contribution is 0.302. The van der Waals surface area contributed by atoms with Crippen LogP contribution in [0.2, 0.25) is 0 Å². The van der Waals surface area contributed by atoms with Gasteiger partial charge in [-0.05, 0) is 30.9 Å². The van der Waals surface area contributed by atoms with E-state index in [2.05, 4.69) is 62.4 Å². The van der Waals surface area contributed by atoms with Crippen LogP contribution in [0.3, 0.4) is 0 Å². The third kappa shape index (κ3) is 5.24. The molecule has 0 saturated carbocycles. The summed E-state index contributed by atoms with van der Waals surface area (Å²) >= 11 is 0. The van der Waals surface area contributed by atoms with Crippen molar-refractivity contribution in [3.8, 4) is 5.75 Å². The van der Waals surface area contributed by atoms with Crippen LogP contribution in [0.4, 0.5) is 0 Å². The maximum absolute atomic E-state index is 6.02. The van der Waals surface area contributed by atoms with Crippen molar-refractivity contribution in [1.29, 1.82) is 0 Å². The number of allylic oxidation sites excluding steroid dienone is 2. The van der Waals surface area contributed by atoms with Crippen LogP contribution in [0, 0.1) is 5.41 Å². The Morgan fingerprint density at radius 2 is 1.74 bits per heavy atom. The summed E-state index contributed by atoms with van der Waals surface area (Å²) in [7, 11) is 0. The van der Waals surface area contributed by atoms with E-state index >= 15 is 0 Å². The minimum Gasteiger partial charge on any atom is -0.493 e. The standard InChI is InChI=1S/C21H31NO/c1-3-5-13-21(14-11-19(22)12-15-21)17-18-9-7-8-10-20(18)23-16-6-4-2/h7-12,14-15,19H,3-6,13,16-17,22H2,1-2H3. The van der Waals surface area contributed by atoms with Crippen molar-refractivity contribution in [2.75, 3.05) is 6.61 Å². The van der Waals surface area contributed by atoms with E-state index in [1.54, 1.807) is 0 Å². The number of hydrogen-bond donors (Lipinski definition) is 1. The van der Waals surface area contributed by atoms with E-state index in [0.29, 0.717) is 0 Å². The first-order valence-corrected chi connectivity index (χ1v) is 9.04. The van der Waals surface area contributed by atoms with Crippen LogP contribution in [0.1, 0.15) is 51.5 Å². The maximum Gasteiger partial charge on any atom is 0.122 e. The molecular formula is C21H31NO. The van der Waals surface area contributed by atoms with Crippen molar-refractivity contribution in [3.05, 3.63) is 54.1 Å². The normalized spacial score (nSPS) is 23.2. The van der Waals surface area contributed by atoms with E-state index in [-0.39, 0.29) is 11.5 Å². The molecule has 0 heterocycles. The predicted molar refractivity (Wildman–Crippen MR) is 98.8 cm³/mol. The molecule has 2 rings (SSSR count). The summed E-state index contributed by atoms with van der Waals surface area (Å²) in [6, 6.07) is 8.52. The molecule has 0 amide bonds. The zero-order chi connectivity index (χ0) is 16.5. The van der Waals surface area contributed by atoms with Crippen LogP contribution in [0.5, 0.6) is 5.75 Å². The molecule has 1 aromatic carbocycles. The Kier molecular flexibility index (Phi) is 6.91. The molecular weight excluding hydrogens is 282 g/mol. The Labute approximate surface area is 141 Å². The molecule has 1 aliphatic carbocycles. The van der Waals surface area contributed by atoms with Gasteiger partial charge in [0.05, 0.1) is 6.61 Å². The van der Waals surface area contributed by atoms with Gasteiger partial charge in [0.25, 0.3) is 0 Å². The summed E-state index contributed by atoms with van der Waals surface area (Å²) in [6.45, 7) is 5.24. The molecule has 2 nitrogen and oxygen atoms in total. The lowest BCUT2D eigenvalue weighted by Gasteiger charge is -2.31. The Bertz CT molecular complexity index is 518. The van der Waals surface area contributed by atoms with Crippen molar-refractivity contribution >= 4 is 0 Å². The smallest absolute Gasteiger partial charge is 0.122 e. The second-order valence-corrected chi connectivity index (χ2v) is 6.62. The van der Waals surface area contributed by atoms with Gasteiger partial charge in [0.1, 0.15) is 5.75 Å². The van der Waals surface area contributed by atoms with Crippen LogP contribution < -0.4 is 10.5 Å². The van der Waals surface area contributed by atoms with Gasteiger partial charge in [0.2, 0.25) is 0 Å². The highest BCUT2D eigenvalue weighted by Crippen LogP contribution is 2.37. The van der Waals surface area contributed by atoms with Gasteiger partial charge < -0.3 is 10.5 Å². The summed E-state index contributed by atoms with van der Waals surface area (Å²) in [5, 5.41) is 0. The summed E-state index contributed by atoms with van der Waals surface area (Å²) in [6.07, 6.45) is 15.7. The quantitative estimate of drug-likeness (QED) is 0.512. The van der Waals surface area contributed by atoms with Crippen molar-refractivity contribution in [2.24, 2.45) is 11.1 Å². The molecule has 0 aromatic heterocycles. The molecule has 0 spiro atoms. The zero-order valence-corrected chi connectivity index (χ0v) is 14.6. The van der Waals surface area contributed by atoms with E-state index in [1.807, 2.05) is 0 Å². The minimum atomic E-state index is 0.0563. The molecule has 0 radical (unpaired) electrons. The van der Waals surface area contributed by atoms with Crippen LogP contribution in [0.15, 0.2) is 48.6 Å². The Morgan fingerprint density at radius 3 is 2.43 bits per heavy atom. The summed E-state index contributed by atoms with van der Waals surface area (Å²) in [5.74, 6) is 1.04. The lowest BCUT2D eigenvalue weighted by Crippen LogP contribution is -2.26. The van der Waals surface area contributed by atoms with Gasteiger partial charge in [-0.2, -0.15) is 0 Å². The maximum atomic E-state index is 6.02. The van der Waals surface area contributed by atoms with Gasteiger partial charge in [-0.3, -0.25) is 0 Å². The molecule has 2 heteroatoms. The molecule has 0 fully saturated rings. The van der Waals surface area contributed by atoms with Crippen molar-refractivity contribution in [3.63, 3.8) is 0 Å². The fraction of sp³-hybridized carbons (Fsp3) is 0.524. The molecule has 0 aliphatic heterocycles. The number of para-hydroxylation sites is 1. The van der Waals surface area contributed by atoms with E-state index in [9.17, 15) is 0 Å². The molecule has 1 aromatic rings. The third-order valence-corrected chi connectivity index (χ3v) is 4.54. The van der Waals surface area contributed by atoms with Crippen molar-refractivity contribution in [1.82, 2.24) is 0 Å². The summed E-state index contributed by atoms with van der Waals surface area (Å²) in [4.78, 5) is 0. The van der Waals surface area contributed by atoms with Crippen LogP contribution in [0.25, 0.3) is 0 Å². The van der Waals surface area contributed by atoms with Gasteiger partial charge in [-0.25, -0.2) is 0 Å². The first kappa shape index (κ1) is 17.8. The number of nitrogens with two attached hydrogens (primary N) is 1. The van der Waals surface area contributed by atoms with Crippen LogP contribution >= 0.6 is 0 Å². The highest BCUT2D eigenvalue weighted by molar-refractivity contribution is 5.37. The van der Waals surface area contributed by atoms with Gasteiger partial charge in [0, 0.05) is 11.5 Å². The number of unbranched alkanes of at least 4 members (excludes halogenated alkanes) is 2. The molecule has 0 atom stereocenters. The number of hydrogen-bond acceptors (Lipinski definition) is 2. The molecule has 2 N–H and O–H groups in total. The zero-order valence-electron chi connectivity index (χ0n) is 14.6. The van der Waals surface area contributed by atoms with Crippen LogP contribution in [-0.2, 0) is 6.42 Å². The van der Waals surface area contributed by atoms with Gasteiger partial charge in [0.15, 0.2) is 0 Å². The van der Waals surface area contributed by atoms with Crippen molar-refractivity contribution < 1.29 is 4.74 Å². The van der Waals surface area contributed by atoms with Crippen LogP contribution in [-0.4, -0.2) is 12.6 Å². The van der Waals surface area contributed by atoms with E-state index in [0.717, 1.165) is 38.0 Å². The average molecular weight is 313 g/mol. The van der Waals surface area contributed by atoms with E-state index in [4.69, 9.17) is 10.5 Å². The van der Waals surface area contributed by atoms with Gasteiger partial charge >= 0.3 is 0 Å². The number of rotatable bonds is 9. The third-order valence-electron chi connectivity index (χ3n) is 4.54. The summed E-state index contributed by atoms with van der Waals surface area (Å²) < 4.78 is 6.02. The highest BCUT2D eigenvalue weighted by Gasteiger charge is 2.27. The fourth-order valence-electron chi connectivity index (χ4n) is 3.08. The Morgan fingerprint density at radius 1 is 1.04 bits per heavy atom. The van der Waals surface area contributed by atoms with Gasteiger partial charge in [-0.1, -0.05) is 75.6 Å². The Hall–Kier alpha value is -1.54. The summed E-state index contributed by atoms with van der Waals surface area (Å²) in [5.41, 5.74) is 7.37. The lowest BCUT2D eigenvalue weighted by atomic mass is 9.74. The first-order chi connectivity index (χ1) is 11.2. The monoisotopic (exact) mass is 313 g/mol. The SMILES string of the molecule is CCCCOc1ccccc1CC1(CCCC)C=CC(N)C=C1. The second-order valence-electron chi connectivity index (χ2n) is 6.62. The topological polar surface area (TPSA) is 35.2 Å². The molecule has 126 valence electrons. The van der Waals surface area contributed by atoms with Crippen molar-refractivity contribution in [2.45, 2.75) is 58.4 Å². The molecule has 1 aliphatic rings. The fourth-order valence-corrected chi connectivity index (χ4v) is 3.08. The number of ether oxygens (including phenoxy) is 1. The first-order valence-electron chi connectivity index (χ1n) is 9.04. The Balaban J connectivity index is 2.16. The predicted octanol–water partition coefficient (Wildman–Crippen LogP) is 5.04. The highest BCUT2D eigenvalue weighted by atomic mass is 16.5. The largest absolute Gasteiger partial charge is 0.493 e. The molecule has 0 unspecified atom stereocenters.